The minimum Gasteiger partial charge on any atom is -0.461 e. The van der Waals surface area contributed by atoms with Gasteiger partial charge >= 0.3 is 5.97 Å². The van der Waals surface area contributed by atoms with Gasteiger partial charge in [-0.05, 0) is 19.1 Å². The average Bonchev–Trinajstić information content (AvgIpc) is 2.10. The Kier molecular flexibility index (Phi) is 3.51. The molecule has 13 heavy (non-hydrogen) atoms. The Morgan fingerprint density at radius 1 is 1.54 bits per heavy atom. The largest absolute Gasteiger partial charge is 0.461 e. The standard InChI is InChI=1S/C8H7Cl2NO2/c1-2-13-8(12)6-4-3-5(9)7(10)11-6/h3-4H,2H2,1H3. The van der Waals surface area contributed by atoms with E-state index in [4.69, 9.17) is 27.9 Å². The number of carbonyl (C=O) groups excluding carboxylic acids is 1. The number of nitrogens with zero attached hydrogens (tertiary/aromatic N) is 1. The quantitative estimate of drug-likeness (QED) is 0.567. The molecule has 0 radical (unpaired) electrons. The fraction of sp³-hybridized carbons (Fsp3) is 0.250. The van der Waals surface area contributed by atoms with E-state index in [0.29, 0.717) is 11.6 Å². The third-order valence-electron chi connectivity index (χ3n) is 1.29. The van der Waals surface area contributed by atoms with Crippen LogP contribution in [0.2, 0.25) is 10.2 Å². The van der Waals surface area contributed by atoms with Crippen LogP contribution in [0.5, 0.6) is 0 Å². The van der Waals surface area contributed by atoms with Crippen LogP contribution in [0.1, 0.15) is 17.4 Å². The average molecular weight is 220 g/mol. The molecule has 0 fully saturated rings. The van der Waals surface area contributed by atoms with Gasteiger partial charge in [0.05, 0.1) is 11.6 Å². The molecule has 0 aliphatic rings. The molecule has 3 nitrogen and oxygen atoms in total. The highest BCUT2D eigenvalue weighted by atomic mass is 35.5. The van der Waals surface area contributed by atoms with Crippen LogP contribution >= 0.6 is 23.2 Å². The summed E-state index contributed by atoms with van der Waals surface area (Å²) in [5, 5.41) is 0.418. The Morgan fingerprint density at radius 2 is 2.23 bits per heavy atom. The number of halogens is 2. The predicted octanol–water partition coefficient (Wildman–Crippen LogP) is 2.57. The topological polar surface area (TPSA) is 39.2 Å². The molecule has 1 rings (SSSR count). The van der Waals surface area contributed by atoms with Crippen molar-refractivity contribution in [2.24, 2.45) is 0 Å². The van der Waals surface area contributed by atoms with Crippen molar-refractivity contribution in [1.29, 1.82) is 0 Å². The normalized spacial score (nSPS) is 9.77. The van der Waals surface area contributed by atoms with Gasteiger partial charge in [-0.25, -0.2) is 9.78 Å². The lowest BCUT2D eigenvalue weighted by Crippen LogP contribution is -2.06. The van der Waals surface area contributed by atoms with E-state index in [1.54, 1.807) is 6.92 Å². The van der Waals surface area contributed by atoms with Gasteiger partial charge in [-0.15, -0.1) is 0 Å². The summed E-state index contributed by atoms with van der Waals surface area (Å²) < 4.78 is 4.72. The summed E-state index contributed by atoms with van der Waals surface area (Å²) in [5.74, 6) is -0.499. The first-order valence-electron chi connectivity index (χ1n) is 3.64. The maximum Gasteiger partial charge on any atom is 0.356 e. The molecule has 0 spiro atoms. The van der Waals surface area contributed by atoms with E-state index in [1.807, 2.05) is 0 Å². The van der Waals surface area contributed by atoms with Crippen LogP contribution < -0.4 is 0 Å². The van der Waals surface area contributed by atoms with Crippen LogP contribution in [0.25, 0.3) is 0 Å². The SMILES string of the molecule is CCOC(=O)c1ccc(Cl)c(Cl)n1. The van der Waals surface area contributed by atoms with E-state index in [0.717, 1.165) is 0 Å². The monoisotopic (exact) mass is 219 g/mol. The first kappa shape index (κ1) is 10.3. The fourth-order valence-corrected chi connectivity index (χ4v) is 0.995. The molecule has 0 amide bonds. The third kappa shape index (κ3) is 2.57. The number of pyridine rings is 1. The molecule has 1 heterocycles. The number of esters is 1. The van der Waals surface area contributed by atoms with Crippen molar-refractivity contribution >= 4 is 29.2 Å². The van der Waals surface area contributed by atoms with E-state index in [2.05, 4.69) is 4.98 Å². The number of rotatable bonds is 2. The zero-order chi connectivity index (χ0) is 9.84. The Hall–Kier alpha value is -0.800. The Morgan fingerprint density at radius 3 is 2.77 bits per heavy atom. The highest BCUT2D eigenvalue weighted by Gasteiger charge is 2.09. The van der Waals surface area contributed by atoms with Gasteiger partial charge in [0.15, 0.2) is 0 Å². The lowest BCUT2D eigenvalue weighted by molar-refractivity contribution is 0.0519. The third-order valence-corrected chi connectivity index (χ3v) is 1.98. The molecular weight excluding hydrogens is 213 g/mol. The fourth-order valence-electron chi connectivity index (χ4n) is 0.736. The number of hydrogen-bond donors (Lipinski definition) is 0. The second-order valence-corrected chi connectivity index (χ2v) is 2.95. The zero-order valence-electron chi connectivity index (χ0n) is 6.88. The van der Waals surface area contributed by atoms with Crippen LogP contribution in [-0.4, -0.2) is 17.6 Å². The van der Waals surface area contributed by atoms with Crippen LogP contribution in [0, 0.1) is 0 Å². The molecule has 0 saturated heterocycles. The van der Waals surface area contributed by atoms with E-state index in [9.17, 15) is 4.79 Å². The summed E-state index contributed by atoms with van der Waals surface area (Å²) in [7, 11) is 0. The first-order valence-corrected chi connectivity index (χ1v) is 4.40. The molecule has 0 bridgehead atoms. The number of ether oxygens (including phenoxy) is 1. The molecule has 0 aliphatic heterocycles. The van der Waals surface area contributed by atoms with Crippen LogP contribution in [-0.2, 0) is 4.74 Å². The van der Waals surface area contributed by atoms with Crippen molar-refractivity contribution in [1.82, 2.24) is 4.98 Å². The second kappa shape index (κ2) is 4.44. The Bertz CT molecular complexity index is 328. The molecule has 1 aromatic rings. The number of carbonyl (C=O) groups is 1. The van der Waals surface area contributed by atoms with Crippen molar-refractivity contribution in [3.05, 3.63) is 28.0 Å². The summed E-state index contributed by atoms with van der Waals surface area (Å²) in [5.41, 5.74) is 0.163. The summed E-state index contributed by atoms with van der Waals surface area (Å²) in [4.78, 5) is 14.9. The highest BCUT2D eigenvalue weighted by Crippen LogP contribution is 2.19. The Balaban J connectivity index is 2.90. The maximum atomic E-state index is 11.1. The van der Waals surface area contributed by atoms with Crippen LogP contribution in [0.4, 0.5) is 0 Å². The van der Waals surface area contributed by atoms with Gasteiger partial charge in [-0.1, -0.05) is 23.2 Å². The van der Waals surface area contributed by atoms with Crippen molar-refractivity contribution < 1.29 is 9.53 Å². The van der Waals surface area contributed by atoms with Gasteiger partial charge in [0, 0.05) is 0 Å². The molecule has 0 N–H and O–H groups in total. The minimum absolute atomic E-state index is 0.104. The highest BCUT2D eigenvalue weighted by molar-refractivity contribution is 6.41. The molecule has 0 saturated carbocycles. The second-order valence-electron chi connectivity index (χ2n) is 2.19. The predicted molar refractivity (Wildman–Crippen MR) is 50.2 cm³/mol. The molecule has 5 heteroatoms. The zero-order valence-corrected chi connectivity index (χ0v) is 8.39. The van der Waals surface area contributed by atoms with E-state index in [1.165, 1.54) is 12.1 Å². The summed E-state index contributed by atoms with van der Waals surface area (Å²) >= 11 is 11.2. The van der Waals surface area contributed by atoms with E-state index >= 15 is 0 Å². The molecule has 0 aliphatic carbocycles. The summed E-state index contributed by atoms with van der Waals surface area (Å²) in [6.45, 7) is 2.02. The lowest BCUT2D eigenvalue weighted by atomic mass is 10.3. The molecule has 0 atom stereocenters. The molecule has 1 aromatic heterocycles. The van der Waals surface area contributed by atoms with Crippen LogP contribution in [0.3, 0.4) is 0 Å². The molecule has 0 unspecified atom stereocenters. The van der Waals surface area contributed by atoms with Gasteiger partial charge in [0.25, 0.3) is 0 Å². The van der Waals surface area contributed by atoms with Gasteiger partial charge in [0.1, 0.15) is 10.8 Å². The molecule has 0 aromatic carbocycles. The maximum absolute atomic E-state index is 11.1. The van der Waals surface area contributed by atoms with Gasteiger partial charge in [0.2, 0.25) is 0 Å². The number of aromatic nitrogens is 1. The van der Waals surface area contributed by atoms with Crippen molar-refractivity contribution in [3.8, 4) is 0 Å². The van der Waals surface area contributed by atoms with Gasteiger partial charge in [-0.3, -0.25) is 0 Å². The van der Waals surface area contributed by atoms with Gasteiger partial charge in [-0.2, -0.15) is 0 Å². The van der Waals surface area contributed by atoms with Gasteiger partial charge < -0.3 is 4.74 Å². The summed E-state index contributed by atoms with van der Waals surface area (Å²) in [6, 6.07) is 2.97. The number of hydrogen-bond acceptors (Lipinski definition) is 3. The minimum atomic E-state index is -0.499. The first-order chi connectivity index (χ1) is 6.15. The van der Waals surface area contributed by atoms with Crippen molar-refractivity contribution in [2.75, 3.05) is 6.61 Å². The van der Waals surface area contributed by atoms with Crippen molar-refractivity contribution in [2.45, 2.75) is 6.92 Å². The Labute approximate surface area is 85.6 Å². The molecular formula is C8H7Cl2NO2. The van der Waals surface area contributed by atoms with E-state index < -0.39 is 5.97 Å². The summed E-state index contributed by atoms with van der Waals surface area (Å²) in [6.07, 6.45) is 0. The van der Waals surface area contributed by atoms with E-state index in [-0.39, 0.29) is 10.8 Å². The molecule has 70 valence electrons. The van der Waals surface area contributed by atoms with Crippen molar-refractivity contribution in [3.63, 3.8) is 0 Å². The van der Waals surface area contributed by atoms with Crippen LogP contribution in [0.15, 0.2) is 12.1 Å². The lowest BCUT2D eigenvalue weighted by Gasteiger charge is -2.01. The smallest absolute Gasteiger partial charge is 0.356 e.